The summed E-state index contributed by atoms with van der Waals surface area (Å²) in [5, 5.41) is 22.0. The van der Waals surface area contributed by atoms with Crippen LogP contribution >= 0.6 is 0 Å². The van der Waals surface area contributed by atoms with Gasteiger partial charge in [0.05, 0.1) is 0 Å². The summed E-state index contributed by atoms with van der Waals surface area (Å²) in [5.41, 5.74) is 0.823. The van der Waals surface area contributed by atoms with Gasteiger partial charge in [-0.3, -0.25) is 0 Å². The number of phenols is 2. The Bertz CT molecular complexity index is 322. The molecule has 0 saturated heterocycles. The summed E-state index contributed by atoms with van der Waals surface area (Å²) in [6.45, 7) is 5.98. The van der Waals surface area contributed by atoms with Crippen molar-refractivity contribution in [3.63, 3.8) is 0 Å². The molecule has 1 aromatic carbocycles. The molecule has 0 radical (unpaired) electrons. The van der Waals surface area contributed by atoms with Crippen molar-refractivity contribution in [1.82, 2.24) is 5.32 Å². The van der Waals surface area contributed by atoms with Gasteiger partial charge in [-0.15, -0.1) is 0 Å². The summed E-state index contributed by atoms with van der Waals surface area (Å²) >= 11 is 0. The third kappa shape index (κ3) is 3.74. The van der Waals surface area contributed by atoms with Crippen molar-refractivity contribution in [1.29, 1.82) is 0 Å². The fraction of sp³-hybridized carbons (Fsp3) is 0.538. The van der Waals surface area contributed by atoms with Gasteiger partial charge >= 0.3 is 0 Å². The summed E-state index contributed by atoms with van der Waals surface area (Å²) in [7, 11) is 0. The van der Waals surface area contributed by atoms with E-state index in [1.54, 1.807) is 12.1 Å². The third-order valence-corrected chi connectivity index (χ3v) is 2.97. The summed E-state index contributed by atoms with van der Waals surface area (Å²) in [4.78, 5) is 0. The van der Waals surface area contributed by atoms with Gasteiger partial charge in [0, 0.05) is 18.2 Å². The summed E-state index contributed by atoms with van der Waals surface area (Å²) in [6.07, 6.45) is 2.34. The largest absolute Gasteiger partial charge is 0.508 e. The van der Waals surface area contributed by atoms with Gasteiger partial charge in [-0.05, 0) is 18.5 Å². The maximum Gasteiger partial charge on any atom is 0.123 e. The minimum Gasteiger partial charge on any atom is -0.508 e. The minimum atomic E-state index is 0.0984. The van der Waals surface area contributed by atoms with Crippen molar-refractivity contribution in [2.75, 3.05) is 6.54 Å². The van der Waals surface area contributed by atoms with Crippen molar-refractivity contribution < 1.29 is 10.2 Å². The molecule has 3 N–H and O–H groups in total. The van der Waals surface area contributed by atoms with E-state index in [-0.39, 0.29) is 11.5 Å². The average molecular weight is 223 g/mol. The number of benzene rings is 1. The molecule has 0 fully saturated rings. The highest BCUT2D eigenvalue weighted by molar-refractivity contribution is 5.38. The van der Waals surface area contributed by atoms with Crippen LogP contribution in [0.4, 0.5) is 0 Å². The monoisotopic (exact) mass is 223 g/mol. The molecule has 1 rings (SSSR count). The molecule has 0 aliphatic rings. The molecule has 1 aromatic rings. The van der Waals surface area contributed by atoms with Crippen molar-refractivity contribution >= 4 is 0 Å². The average Bonchev–Trinajstić information content (AvgIpc) is 2.27. The number of aromatic hydroxyl groups is 2. The standard InChI is InChI=1S/C13H21NO2/c1-3-10(4-2)8-14-9-11-5-6-12(15)7-13(11)16/h5-7,10,14-16H,3-4,8-9H2,1-2H3. The lowest BCUT2D eigenvalue weighted by Crippen LogP contribution is -2.21. The topological polar surface area (TPSA) is 52.5 Å². The Morgan fingerprint density at radius 2 is 1.88 bits per heavy atom. The molecular formula is C13H21NO2. The fourth-order valence-electron chi connectivity index (χ4n) is 1.69. The molecule has 0 atom stereocenters. The Labute approximate surface area is 97.1 Å². The lowest BCUT2D eigenvalue weighted by Gasteiger charge is -2.13. The number of nitrogens with one attached hydrogen (secondary N) is 1. The molecule has 0 unspecified atom stereocenters. The van der Waals surface area contributed by atoms with Gasteiger partial charge < -0.3 is 15.5 Å². The van der Waals surface area contributed by atoms with E-state index in [0.717, 1.165) is 12.1 Å². The van der Waals surface area contributed by atoms with Crippen LogP contribution in [-0.4, -0.2) is 16.8 Å². The van der Waals surface area contributed by atoms with E-state index in [0.29, 0.717) is 12.5 Å². The first-order valence-corrected chi connectivity index (χ1v) is 5.88. The molecule has 90 valence electrons. The van der Waals surface area contributed by atoms with Gasteiger partial charge in [-0.1, -0.05) is 32.8 Å². The Kier molecular flexibility index (Phi) is 5.12. The Morgan fingerprint density at radius 1 is 1.19 bits per heavy atom. The summed E-state index contributed by atoms with van der Waals surface area (Å²) in [6, 6.07) is 4.70. The molecule has 0 saturated carbocycles. The highest BCUT2D eigenvalue weighted by atomic mass is 16.3. The first-order valence-electron chi connectivity index (χ1n) is 5.88. The lowest BCUT2D eigenvalue weighted by atomic mass is 10.0. The van der Waals surface area contributed by atoms with Crippen molar-refractivity contribution in [2.24, 2.45) is 5.92 Å². The third-order valence-electron chi connectivity index (χ3n) is 2.97. The second-order valence-corrected chi connectivity index (χ2v) is 4.13. The van der Waals surface area contributed by atoms with Crippen LogP contribution in [0.1, 0.15) is 32.3 Å². The number of hydrogen-bond donors (Lipinski definition) is 3. The van der Waals surface area contributed by atoms with Crippen LogP contribution in [0, 0.1) is 5.92 Å². The van der Waals surface area contributed by atoms with Gasteiger partial charge in [-0.2, -0.15) is 0 Å². The summed E-state index contributed by atoms with van der Waals surface area (Å²) < 4.78 is 0. The van der Waals surface area contributed by atoms with Gasteiger partial charge in [0.25, 0.3) is 0 Å². The van der Waals surface area contributed by atoms with E-state index in [9.17, 15) is 5.11 Å². The van der Waals surface area contributed by atoms with Gasteiger partial charge in [0.2, 0.25) is 0 Å². The molecule has 0 bridgehead atoms. The molecule has 3 heteroatoms. The van der Waals surface area contributed by atoms with Crippen LogP contribution in [0.3, 0.4) is 0 Å². The van der Waals surface area contributed by atoms with Crippen LogP contribution in [-0.2, 0) is 6.54 Å². The zero-order valence-corrected chi connectivity index (χ0v) is 10.0. The van der Waals surface area contributed by atoms with Crippen molar-refractivity contribution in [3.05, 3.63) is 23.8 Å². The fourth-order valence-corrected chi connectivity index (χ4v) is 1.69. The molecular weight excluding hydrogens is 202 g/mol. The molecule has 0 aromatic heterocycles. The molecule has 0 spiro atoms. The predicted octanol–water partition coefficient (Wildman–Crippen LogP) is 2.62. The van der Waals surface area contributed by atoms with E-state index < -0.39 is 0 Å². The number of rotatable bonds is 6. The van der Waals surface area contributed by atoms with Crippen molar-refractivity contribution in [2.45, 2.75) is 33.2 Å². The molecule has 0 aliphatic heterocycles. The van der Waals surface area contributed by atoms with Crippen LogP contribution in [0.25, 0.3) is 0 Å². The van der Waals surface area contributed by atoms with E-state index >= 15 is 0 Å². The second-order valence-electron chi connectivity index (χ2n) is 4.13. The molecule has 3 nitrogen and oxygen atoms in total. The number of hydrogen-bond acceptors (Lipinski definition) is 3. The number of phenolic OH excluding ortho intramolecular Hbond substituents is 2. The Morgan fingerprint density at radius 3 is 2.44 bits per heavy atom. The summed E-state index contributed by atoms with van der Waals surface area (Å²) in [5.74, 6) is 0.942. The highest BCUT2D eigenvalue weighted by Crippen LogP contribution is 2.22. The second kappa shape index (κ2) is 6.38. The van der Waals surface area contributed by atoms with Crippen molar-refractivity contribution in [3.8, 4) is 11.5 Å². The Hall–Kier alpha value is -1.22. The van der Waals surface area contributed by atoms with Gasteiger partial charge in [0.1, 0.15) is 11.5 Å². The SMILES string of the molecule is CCC(CC)CNCc1ccc(O)cc1O. The molecule has 0 amide bonds. The minimum absolute atomic E-state index is 0.0984. The van der Waals surface area contributed by atoms with Crippen LogP contribution in [0.5, 0.6) is 11.5 Å². The van der Waals surface area contributed by atoms with Crippen LogP contribution < -0.4 is 5.32 Å². The van der Waals surface area contributed by atoms with Crippen LogP contribution in [0.2, 0.25) is 0 Å². The van der Waals surface area contributed by atoms with E-state index in [4.69, 9.17) is 5.11 Å². The first kappa shape index (κ1) is 12.8. The normalized spacial score (nSPS) is 10.9. The smallest absolute Gasteiger partial charge is 0.123 e. The van der Waals surface area contributed by atoms with E-state index in [1.165, 1.54) is 18.9 Å². The molecule has 0 heterocycles. The predicted molar refractivity (Wildman–Crippen MR) is 65.6 cm³/mol. The first-order chi connectivity index (χ1) is 7.67. The zero-order chi connectivity index (χ0) is 12.0. The van der Waals surface area contributed by atoms with Crippen LogP contribution in [0.15, 0.2) is 18.2 Å². The highest BCUT2D eigenvalue weighted by Gasteiger charge is 2.05. The maximum atomic E-state index is 9.57. The zero-order valence-electron chi connectivity index (χ0n) is 10.0. The molecule has 0 aliphatic carbocycles. The lowest BCUT2D eigenvalue weighted by molar-refractivity contribution is 0.430. The van der Waals surface area contributed by atoms with E-state index in [1.807, 2.05) is 0 Å². The van der Waals surface area contributed by atoms with Gasteiger partial charge in [0.15, 0.2) is 0 Å². The molecule has 16 heavy (non-hydrogen) atoms. The quantitative estimate of drug-likeness (QED) is 0.695. The van der Waals surface area contributed by atoms with Gasteiger partial charge in [-0.25, -0.2) is 0 Å². The Balaban J connectivity index is 2.42. The maximum absolute atomic E-state index is 9.57. The van der Waals surface area contributed by atoms with E-state index in [2.05, 4.69) is 19.2 Å².